The maximum absolute atomic E-state index is 3.76. The van der Waals surface area contributed by atoms with Crippen molar-refractivity contribution in [1.29, 1.82) is 0 Å². The smallest absolute Gasteiger partial charge is 0.00494 e. The summed E-state index contributed by atoms with van der Waals surface area (Å²) in [4.78, 5) is 0. The molecule has 0 aliphatic rings. The Morgan fingerprint density at radius 1 is 1.00 bits per heavy atom. The highest BCUT2D eigenvalue weighted by molar-refractivity contribution is 5.23. The highest BCUT2D eigenvalue weighted by atomic mass is 14.9. The van der Waals surface area contributed by atoms with Gasteiger partial charge in [-0.3, -0.25) is 0 Å². The number of rotatable bonds is 9. The lowest BCUT2D eigenvalue weighted by Gasteiger charge is -2.30. The first-order valence-corrected chi connectivity index (χ1v) is 8.27. The quantitative estimate of drug-likeness (QED) is 0.603. The molecule has 0 radical (unpaired) electrons. The van der Waals surface area contributed by atoms with E-state index in [9.17, 15) is 0 Å². The van der Waals surface area contributed by atoms with Crippen molar-refractivity contribution in [2.45, 2.75) is 84.2 Å². The van der Waals surface area contributed by atoms with Crippen LogP contribution in [-0.2, 0) is 5.41 Å². The molecule has 0 aliphatic heterocycles. The van der Waals surface area contributed by atoms with Gasteiger partial charge < -0.3 is 5.32 Å². The summed E-state index contributed by atoms with van der Waals surface area (Å²) in [7, 11) is 0. The molecule has 1 aromatic rings. The van der Waals surface area contributed by atoms with E-state index in [-0.39, 0.29) is 5.41 Å². The fraction of sp³-hybridized carbons (Fsp3) is 0.684. The molecule has 2 unspecified atom stereocenters. The highest BCUT2D eigenvalue weighted by Crippen LogP contribution is 2.28. The van der Waals surface area contributed by atoms with E-state index in [1.165, 1.54) is 37.7 Å². The van der Waals surface area contributed by atoms with Crippen LogP contribution in [0.25, 0.3) is 0 Å². The maximum Gasteiger partial charge on any atom is 0.00494 e. The predicted octanol–water partition coefficient (Wildman–Crippen LogP) is 5.30. The molecule has 1 nitrogen and oxygen atoms in total. The Morgan fingerprint density at radius 3 is 2.25 bits per heavy atom. The molecule has 0 heterocycles. The highest BCUT2D eigenvalue weighted by Gasteiger charge is 2.23. The van der Waals surface area contributed by atoms with Crippen LogP contribution in [0.3, 0.4) is 0 Å². The SMILES string of the molecule is CCCCCC(C)NC(C)CC(C)(C)c1ccccc1. The molecule has 0 spiro atoms. The first-order chi connectivity index (χ1) is 9.45. The average molecular weight is 275 g/mol. The van der Waals surface area contributed by atoms with E-state index < -0.39 is 0 Å². The number of benzene rings is 1. The van der Waals surface area contributed by atoms with Gasteiger partial charge in [-0.05, 0) is 37.7 Å². The van der Waals surface area contributed by atoms with Gasteiger partial charge in [0.1, 0.15) is 0 Å². The van der Waals surface area contributed by atoms with E-state index in [4.69, 9.17) is 0 Å². The van der Waals surface area contributed by atoms with Gasteiger partial charge in [-0.25, -0.2) is 0 Å². The summed E-state index contributed by atoms with van der Waals surface area (Å²) in [5, 5.41) is 3.76. The van der Waals surface area contributed by atoms with Crippen LogP contribution < -0.4 is 5.32 Å². The Bertz CT molecular complexity index is 355. The lowest BCUT2D eigenvalue weighted by molar-refractivity contribution is 0.352. The van der Waals surface area contributed by atoms with Gasteiger partial charge in [-0.15, -0.1) is 0 Å². The molecule has 1 aromatic carbocycles. The first kappa shape index (κ1) is 17.2. The fourth-order valence-electron chi connectivity index (χ4n) is 3.10. The van der Waals surface area contributed by atoms with Crippen LogP contribution in [0, 0.1) is 0 Å². The molecule has 1 N–H and O–H groups in total. The van der Waals surface area contributed by atoms with Crippen molar-refractivity contribution in [3.63, 3.8) is 0 Å². The van der Waals surface area contributed by atoms with Crippen molar-refractivity contribution in [3.05, 3.63) is 35.9 Å². The van der Waals surface area contributed by atoms with Crippen LogP contribution in [0.2, 0.25) is 0 Å². The van der Waals surface area contributed by atoms with Gasteiger partial charge >= 0.3 is 0 Å². The summed E-state index contributed by atoms with van der Waals surface area (Å²) in [6, 6.07) is 12.1. The van der Waals surface area contributed by atoms with Crippen LogP contribution in [0.4, 0.5) is 0 Å². The molecular formula is C19H33N. The summed E-state index contributed by atoms with van der Waals surface area (Å²) in [6.45, 7) is 11.6. The van der Waals surface area contributed by atoms with Crippen molar-refractivity contribution < 1.29 is 0 Å². The Balaban J connectivity index is 2.43. The molecule has 0 saturated carbocycles. The fourth-order valence-corrected chi connectivity index (χ4v) is 3.10. The molecule has 0 saturated heterocycles. The second kappa shape index (κ2) is 8.46. The van der Waals surface area contributed by atoms with Crippen LogP contribution >= 0.6 is 0 Å². The average Bonchev–Trinajstić information content (AvgIpc) is 2.39. The van der Waals surface area contributed by atoms with Crippen molar-refractivity contribution in [2.24, 2.45) is 0 Å². The molecule has 0 aliphatic carbocycles. The standard InChI is InChI=1S/C19H33N/c1-6-7-9-12-16(2)20-17(3)15-19(4,5)18-13-10-8-11-14-18/h8,10-11,13-14,16-17,20H,6-7,9,12,15H2,1-5H3. The Kier molecular flexibility index (Phi) is 7.29. The second-order valence-electron chi connectivity index (χ2n) is 6.92. The summed E-state index contributed by atoms with van der Waals surface area (Å²) in [5.74, 6) is 0. The van der Waals surface area contributed by atoms with Crippen LogP contribution in [0.5, 0.6) is 0 Å². The van der Waals surface area contributed by atoms with Gasteiger partial charge in [-0.1, -0.05) is 70.4 Å². The third kappa shape index (κ3) is 6.09. The van der Waals surface area contributed by atoms with E-state index in [0.717, 1.165) is 0 Å². The van der Waals surface area contributed by atoms with Crippen LogP contribution in [0.1, 0.15) is 72.3 Å². The Hall–Kier alpha value is -0.820. The van der Waals surface area contributed by atoms with Crippen molar-refractivity contribution in [3.8, 4) is 0 Å². The zero-order valence-corrected chi connectivity index (χ0v) is 14.1. The molecule has 2 atom stereocenters. The van der Waals surface area contributed by atoms with E-state index in [0.29, 0.717) is 12.1 Å². The first-order valence-electron chi connectivity index (χ1n) is 8.27. The van der Waals surface area contributed by atoms with Gasteiger partial charge in [0.15, 0.2) is 0 Å². The summed E-state index contributed by atoms with van der Waals surface area (Å²) >= 11 is 0. The van der Waals surface area contributed by atoms with Gasteiger partial charge in [-0.2, -0.15) is 0 Å². The number of hydrogen-bond acceptors (Lipinski definition) is 1. The monoisotopic (exact) mass is 275 g/mol. The topological polar surface area (TPSA) is 12.0 Å². The second-order valence-corrected chi connectivity index (χ2v) is 6.92. The summed E-state index contributed by atoms with van der Waals surface area (Å²) < 4.78 is 0. The minimum absolute atomic E-state index is 0.233. The van der Waals surface area contributed by atoms with Crippen molar-refractivity contribution in [1.82, 2.24) is 5.32 Å². The Labute approximate surface area is 126 Å². The van der Waals surface area contributed by atoms with Crippen molar-refractivity contribution >= 4 is 0 Å². The lowest BCUT2D eigenvalue weighted by atomic mass is 9.79. The number of hydrogen-bond donors (Lipinski definition) is 1. The van der Waals surface area contributed by atoms with Crippen LogP contribution in [0.15, 0.2) is 30.3 Å². The largest absolute Gasteiger partial charge is 0.312 e. The molecular weight excluding hydrogens is 242 g/mol. The van der Waals surface area contributed by atoms with E-state index in [1.807, 2.05) is 0 Å². The minimum Gasteiger partial charge on any atom is -0.312 e. The van der Waals surface area contributed by atoms with Gasteiger partial charge in [0.25, 0.3) is 0 Å². The molecule has 20 heavy (non-hydrogen) atoms. The predicted molar refractivity (Wildman–Crippen MR) is 90.3 cm³/mol. The maximum atomic E-state index is 3.76. The molecule has 0 bridgehead atoms. The van der Waals surface area contributed by atoms with Crippen molar-refractivity contribution in [2.75, 3.05) is 0 Å². The number of unbranched alkanes of at least 4 members (excludes halogenated alkanes) is 2. The molecule has 0 fully saturated rings. The Morgan fingerprint density at radius 2 is 1.65 bits per heavy atom. The molecule has 1 heteroatoms. The zero-order valence-electron chi connectivity index (χ0n) is 14.1. The third-order valence-electron chi connectivity index (χ3n) is 4.18. The molecule has 0 amide bonds. The summed E-state index contributed by atoms with van der Waals surface area (Å²) in [5.41, 5.74) is 1.67. The summed E-state index contributed by atoms with van der Waals surface area (Å²) in [6.07, 6.45) is 6.48. The molecule has 1 rings (SSSR count). The van der Waals surface area contributed by atoms with E-state index in [2.05, 4.69) is 70.3 Å². The molecule has 0 aromatic heterocycles. The molecule has 114 valence electrons. The minimum atomic E-state index is 0.233. The zero-order chi connectivity index (χ0) is 15.0. The lowest BCUT2D eigenvalue weighted by Crippen LogP contribution is -2.38. The van der Waals surface area contributed by atoms with Gasteiger partial charge in [0.2, 0.25) is 0 Å². The van der Waals surface area contributed by atoms with Gasteiger partial charge in [0, 0.05) is 12.1 Å². The van der Waals surface area contributed by atoms with E-state index >= 15 is 0 Å². The third-order valence-corrected chi connectivity index (χ3v) is 4.18. The van der Waals surface area contributed by atoms with Crippen LogP contribution in [-0.4, -0.2) is 12.1 Å². The number of nitrogens with one attached hydrogen (secondary N) is 1. The van der Waals surface area contributed by atoms with E-state index in [1.54, 1.807) is 0 Å². The van der Waals surface area contributed by atoms with Gasteiger partial charge in [0.05, 0.1) is 0 Å². The normalized spacial score (nSPS) is 15.1.